The molecule has 0 aliphatic carbocycles. The Labute approximate surface area is 77.8 Å². The van der Waals surface area contributed by atoms with Crippen molar-refractivity contribution in [3.8, 4) is 0 Å². The fourth-order valence-corrected chi connectivity index (χ4v) is 1.43. The van der Waals surface area contributed by atoms with Gasteiger partial charge in [-0.1, -0.05) is 0 Å². The highest BCUT2D eigenvalue weighted by molar-refractivity contribution is 5.77. The Hall–Kier alpha value is -0.650. The van der Waals surface area contributed by atoms with Gasteiger partial charge in [0.2, 0.25) is 5.91 Å². The molecule has 1 amide bonds. The van der Waals surface area contributed by atoms with Gasteiger partial charge >= 0.3 is 0 Å². The monoisotopic (exact) mass is 188 g/mol. The first kappa shape index (κ1) is 10.4. The number of hydrogen-bond acceptors (Lipinski definition) is 4. The van der Waals surface area contributed by atoms with E-state index in [2.05, 4.69) is 10.6 Å². The molecule has 1 rings (SSSR count). The van der Waals surface area contributed by atoms with Crippen LogP contribution in [0.4, 0.5) is 0 Å². The summed E-state index contributed by atoms with van der Waals surface area (Å²) in [5.41, 5.74) is 0. The average molecular weight is 188 g/mol. The van der Waals surface area contributed by atoms with E-state index in [1.165, 1.54) is 7.11 Å². The molecule has 0 bridgehead atoms. The summed E-state index contributed by atoms with van der Waals surface area (Å²) >= 11 is 0. The number of carbonyl (C=O) groups excluding carboxylic acids is 1. The van der Waals surface area contributed by atoms with Gasteiger partial charge in [-0.25, -0.2) is 0 Å². The maximum atomic E-state index is 11.1. The van der Waals surface area contributed by atoms with E-state index in [-0.39, 0.29) is 24.7 Å². The van der Waals surface area contributed by atoms with Crippen LogP contribution < -0.4 is 10.6 Å². The lowest BCUT2D eigenvalue weighted by molar-refractivity contribution is -0.126. The Kier molecular flexibility index (Phi) is 4.14. The van der Waals surface area contributed by atoms with Crippen LogP contribution in [0.2, 0.25) is 0 Å². The third-order valence-corrected chi connectivity index (χ3v) is 2.08. The molecule has 0 radical (unpaired) electrons. The fourth-order valence-electron chi connectivity index (χ4n) is 1.43. The summed E-state index contributed by atoms with van der Waals surface area (Å²) in [6.07, 6.45) is 0.0702. The number of carbonyl (C=O) groups is 1. The first-order valence-electron chi connectivity index (χ1n) is 4.29. The normalized spacial score (nSPS) is 27.5. The van der Waals surface area contributed by atoms with E-state index in [0.717, 1.165) is 13.1 Å². The highest BCUT2D eigenvalue weighted by Crippen LogP contribution is 2.02. The van der Waals surface area contributed by atoms with Crippen molar-refractivity contribution in [2.75, 3.05) is 33.9 Å². The van der Waals surface area contributed by atoms with Crippen LogP contribution in [0.15, 0.2) is 0 Å². The number of methoxy groups -OCH3 is 2. The van der Waals surface area contributed by atoms with E-state index in [4.69, 9.17) is 9.47 Å². The minimum absolute atomic E-state index is 0.0626. The molecular formula is C8H16N2O3. The number of amides is 1. The van der Waals surface area contributed by atoms with Crippen molar-refractivity contribution in [3.63, 3.8) is 0 Å². The van der Waals surface area contributed by atoms with Crippen molar-refractivity contribution >= 4 is 5.91 Å². The largest absolute Gasteiger partial charge is 0.378 e. The Bertz CT molecular complexity index is 175. The number of rotatable bonds is 4. The molecule has 1 fully saturated rings. The van der Waals surface area contributed by atoms with E-state index in [9.17, 15) is 4.79 Å². The lowest BCUT2D eigenvalue weighted by atomic mass is 10.2. The molecule has 1 saturated heterocycles. The van der Waals surface area contributed by atoms with E-state index < -0.39 is 0 Å². The molecule has 5 nitrogen and oxygen atoms in total. The highest BCUT2D eigenvalue weighted by atomic mass is 16.5. The van der Waals surface area contributed by atoms with Gasteiger partial charge in [-0.2, -0.15) is 0 Å². The molecule has 0 aromatic rings. The first-order valence-corrected chi connectivity index (χ1v) is 4.29. The quantitative estimate of drug-likeness (QED) is 0.578. The minimum Gasteiger partial charge on any atom is -0.378 e. The lowest BCUT2D eigenvalue weighted by Crippen LogP contribution is -2.44. The summed E-state index contributed by atoms with van der Waals surface area (Å²) in [5.74, 6) is -0.0988. The summed E-state index contributed by atoms with van der Waals surface area (Å²) in [4.78, 5) is 11.1. The Morgan fingerprint density at radius 2 is 2.31 bits per heavy atom. The number of ether oxygens (including phenoxy) is 2. The van der Waals surface area contributed by atoms with Gasteiger partial charge in [0.05, 0.1) is 12.1 Å². The first-order chi connectivity index (χ1) is 6.27. The zero-order valence-electron chi connectivity index (χ0n) is 8.00. The van der Waals surface area contributed by atoms with Gasteiger partial charge in [-0.15, -0.1) is 0 Å². The third kappa shape index (κ3) is 2.95. The lowest BCUT2D eigenvalue weighted by Gasteiger charge is -2.18. The van der Waals surface area contributed by atoms with Crippen LogP contribution in [0.25, 0.3) is 0 Å². The smallest absolute Gasteiger partial charge is 0.246 e. The van der Waals surface area contributed by atoms with E-state index >= 15 is 0 Å². The second-order valence-corrected chi connectivity index (χ2v) is 3.04. The Balaban J connectivity index is 2.30. The molecule has 13 heavy (non-hydrogen) atoms. The van der Waals surface area contributed by atoms with Gasteiger partial charge in [0.25, 0.3) is 0 Å². The molecule has 1 aliphatic rings. The molecule has 2 N–H and O–H groups in total. The molecule has 76 valence electrons. The van der Waals surface area contributed by atoms with Crippen molar-refractivity contribution in [1.82, 2.24) is 10.6 Å². The SMILES string of the molecule is COCC(=O)NC1CNC[C@@H]1OC. The average Bonchev–Trinajstić information content (AvgIpc) is 2.52. The summed E-state index contributed by atoms with van der Waals surface area (Å²) < 4.78 is 9.89. The van der Waals surface area contributed by atoms with Crippen LogP contribution in [-0.4, -0.2) is 52.0 Å². The van der Waals surface area contributed by atoms with E-state index in [1.54, 1.807) is 7.11 Å². The van der Waals surface area contributed by atoms with Gasteiger partial charge in [0.15, 0.2) is 0 Å². The Morgan fingerprint density at radius 3 is 2.92 bits per heavy atom. The van der Waals surface area contributed by atoms with Crippen molar-refractivity contribution in [3.05, 3.63) is 0 Å². The zero-order chi connectivity index (χ0) is 9.68. The molecule has 0 aromatic carbocycles. The molecule has 0 aromatic heterocycles. The predicted molar refractivity (Wildman–Crippen MR) is 47.5 cm³/mol. The second-order valence-electron chi connectivity index (χ2n) is 3.04. The molecule has 0 saturated carbocycles. The van der Waals surface area contributed by atoms with Gasteiger partial charge in [0.1, 0.15) is 6.61 Å². The van der Waals surface area contributed by atoms with Crippen molar-refractivity contribution < 1.29 is 14.3 Å². The van der Waals surface area contributed by atoms with Crippen LogP contribution >= 0.6 is 0 Å². The van der Waals surface area contributed by atoms with Crippen LogP contribution in [-0.2, 0) is 14.3 Å². The second kappa shape index (κ2) is 5.16. The molecule has 1 heterocycles. The Morgan fingerprint density at radius 1 is 1.54 bits per heavy atom. The van der Waals surface area contributed by atoms with Crippen molar-refractivity contribution in [1.29, 1.82) is 0 Å². The van der Waals surface area contributed by atoms with Crippen LogP contribution in [0.1, 0.15) is 0 Å². The zero-order valence-corrected chi connectivity index (χ0v) is 8.00. The molecule has 1 unspecified atom stereocenters. The fraction of sp³-hybridized carbons (Fsp3) is 0.875. The van der Waals surface area contributed by atoms with Crippen LogP contribution in [0, 0.1) is 0 Å². The summed E-state index contributed by atoms with van der Waals surface area (Å²) in [6.45, 7) is 1.65. The minimum atomic E-state index is -0.0988. The molecular weight excluding hydrogens is 172 g/mol. The van der Waals surface area contributed by atoms with E-state index in [1.807, 2.05) is 0 Å². The van der Waals surface area contributed by atoms with Gasteiger partial charge in [0, 0.05) is 27.3 Å². The molecule has 0 spiro atoms. The number of nitrogens with one attached hydrogen (secondary N) is 2. The predicted octanol–water partition coefficient (Wildman–Crippen LogP) is -1.26. The topological polar surface area (TPSA) is 59.6 Å². The van der Waals surface area contributed by atoms with Crippen LogP contribution in [0.5, 0.6) is 0 Å². The van der Waals surface area contributed by atoms with Crippen molar-refractivity contribution in [2.45, 2.75) is 12.1 Å². The van der Waals surface area contributed by atoms with E-state index in [0.29, 0.717) is 0 Å². The van der Waals surface area contributed by atoms with Gasteiger partial charge < -0.3 is 20.1 Å². The maximum absolute atomic E-state index is 11.1. The van der Waals surface area contributed by atoms with Gasteiger partial charge in [-0.05, 0) is 0 Å². The summed E-state index contributed by atoms with van der Waals surface area (Å²) in [7, 11) is 3.15. The maximum Gasteiger partial charge on any atom is 0.246 e. The van der Waals surface area contributed by atoms with Crippen molar-refractivity contribution in [2.24, 2.45) is 0 Å². The molecule has 2 atom stereocenters. The standard InChI is InChI=1S/C8H16N2O3/c1-12-5-8(11)10-6-3-9-4-7(6)13-2/h6-7,9H,3-5H2,1-2H3,(H,10,11)/t6?,7-/m0/s1. The third-order valence-electron chi connectivity index (χ3n) is 2.08. The van der Waals surface area contributed by atoms with Gasteiger partial charge in [-0.3, -0.25) is 4.79 Å². The molecule has 1 aliphatic heterocycles. The summed E-state index contributed by atoms with van der Waals surface area (Å²) in [5, 5.41) is 5.97. The van der Waals surface area contributed by atoms with Crippen LogP contribution in [0.3, 0.4) is 0 Å². The summed E-state index contributed by atoms with van der Waals surface area (Å²) in [6, 6.07) is 0.0626. The molecule has 5 heteroatoms. The number of hydrogen-bond donors (Lipinski definition) is 2. The highest BCUT2D eigenvalue weighted by Gasteiger charge is 2.27.